The van der Waals surface area contributed by atoms with Gasteiger partial charge in [-0.3, -0.25) is 0 Å². The molecule has 0 spiro atoms. The zero-order valence-electron chi connectivity index (χ0n) is 9.08. The average molecular weight is 305 g/mol. The summed E-state index contributed by atoms with van der Waals surface area (Å²) in [4.78, 5) is 0.503. The Hall–Kier alpha value is -0.220. The molecule has 16 heavy (non-hydrogen) atoms. The maximum atomic E-state index is 13.9. The number of methoxy groups -OCH3 is 1. The monoisotopic (exact) mass is 304 g/mol. The lowest BCUT2D eigenvalue weighted by molar-refractivity contribution is 0.382. The van der Waals surface area contributed by atoms with E-state index >= 15 is 0 Å². The summed E-state index contributed by atoms with van der Waals surface area (Å²) in [6, 6.07) is 5.36. The van der Waals surface area contributed by atoms with E-state index in [0.29, 0.717) is 16.5 Å². The molecule has 1 aliphatic heterocycles. The van der Waals surface area contributed by atoms with Crippen LogP contribution in [0, 0.1) is 11.7 Å². The molecule has 1 saturated heterocycles. The van der Waals surface area contributed by atoms with Crippen molar-refractivity contribution in [2.45, 2.75) is 11.2 Å². The highest BCUT2D eigenvalue weighted by Crippen LogP contribution is 2.33. The maximum Gasteiger partial charge on any atom is 0.168 e. The molecule has 4 heteroatoms. The van der Waals surface area contributed by atoms with E-state index in [-0.39, 0.29) is 5.82 Å². The summed E-state index contributed by atoms with van der Waals surface area (Å²) in [5, 5.41) is 0. The zero-order chi connectivity index (χ0) is 11.5. The minimum Gasteiger partial charge on any atom is -0.494 e. The van der Waals surface area contributed by atoms with Gasteiger partial charge in [0.1, 0.15) is 0 Å². The third kappa shape index (κ3) is 2.54. The van der Waals surface area contributed by atoms with Gasteiger partial charge < -0.3 is 4.74 Å². The van der Waals surface area contributed by atoms with Crippen molar-refractivity contribution in [3.63, 3.8) is 0 Å². The highest BCUT2D eigenvalue weighted by atomic mass is 79.9. The lowest BCUT2D eigenvalue weighted by atomic mass is 9.98. The third-order valence-corrected chi connectivity index (χ3v) is 5.62. The summed E-state index contributed by atoms with van der Waals surface area (Å²) >= 11 is 5.57. The molecule has 0 saturated carbocycles. The highest BCUT2D eigenvalue weighted by molar-refractivity contribution is 9.09. The molecule has 2 unspecified atom stereocenters. The van der Waals surface area contributed by atoms with Gasteiger partial charge in [0.2, 0.25) is 0 Å². The van der Waals surface area contributed by atoms with Crippen LogP contribution in [-0.4, -0.2) is 23.4 Å². The minimum atomic E-state index is -0.207. The predicted molar refractivity (Wildman–Crippen MR) is 70.2 cm³/mol. The van der Waals surface area contributed by atoms with Crippen molar-refractivity contribution >= 4 is 27.7 Å². The standard InChI is InChI=1S/C12H14BrFOS/c1-15-11-4-2-3-8(12(11)14)5-9-6-16-7-10(9)13/h2-4,9-10H,5-7H2,1H3. The molecule has 0 aromatic heterocycles. The Kier molecular flexibility index (Phi) is 4.14. The second-order valence-corrected chi connectivity index (χ2v) is 6.20. The number of hydrogen-bond acceptors (Lipinski definition) is 2. The number of thioether (sulfide) groups is 1. The van der Waals surface area contributed by atoms with Crippen LogP contribution in [0.15, 0.2) is 18.2 Å². The van der Waals surface area contributed by atoms with E-state index in [1.165, 1.54) is 7.11 Å². The van der Waals surface area contributed by atoms with Gasteiger partial charge in [-0.15, -0.1) is 0 Å². The molecule has 0 aliphatic carbocycles. The van der Waals surface area contributed by atoms with Crippen LogP contribution in [0.25, 0.3) is 0 Å². The molecule has 2 atom stereocenters. The largest absolute Gasteiger partial charge is 0.494 e. The van der Waals surface area contributed by atoms with Crippen molar-refractivity contribution < 1.29 is 9.13 Å². The summed E-state index contributed by atoms with van der Waals surface area (Å²) in [7, 11) is 1.50. The van der Waals surface area contributed by atoms with Crippen molar-refractivity contribution in [2.24, 2.45) is 5.92 Å². The summed E-state index contributed by atoms with van der Waals surface area (Å²) in [5.41, 5.74) is 0.760. The van der Waals surface area contributed by atoms with Gasteiger partial charge in [0.05, 0.1) is 7.11 Å². The first-order valence-corrected chi connectivity index (χ1v) is 7.32. The summed E-state index contributed by atoms with van der Waals surface area (Å²) in [5.74, 6) is 2.88. The van der Waals surface area contributed by atoms with Gasteiger partial charge in [-0.05, 0) is 29.7 Å². The van der Waals surface area contributed by atoms with Gasteiger partial charge in [0.25, 0.3) is 0 Å². The van der Waals surface area contributed by atoms with E-state index in [1.807, 2.05) is 23.9 Å². The van der Waals surface area contributed by atoms with Crippen molar-refractivity contribution in [1.82, 2.24) is 0 Å². The van der Waals surface area contributed by atoms with Crippen LogP contribution in [0.1, 0.15) is 5.56 Å². The van der Waals surface area contributed by atoms with E-state index < -0.39 is 0 Å². The van der Waals surface area contributed by atoms with E-state index in [4.69, 9.17) is 4.74 Å². The Morgan fingerprint density at radius 2 is 2.31 bits per heavy atom. The third-order valence-electron chi connectivity index (χ3n) is 2.87. The SMILES string of the molecule is COc1cccc(CC2CSCC2Br)c1F. The maximum absolute atomic E-state index is 13.9. The molecule has 0 radical (unpaired) electrons. The lowest BCUT2D eigenvalue weighted by Gasteiger charge is -2.14. The Labute approximate surface area is 108 Å². The van der Waals surface area contributed by atoms with Gasteiger partial charge in [-0.1, -0.05) is 28.1 Å². The Morgan fingerprint density at radius 1 is 1.50 bits per heavy atom. The highest BCUT2D eigenvalue weighted by Gasteiger charge is 2.26. The fourth-order valence-corrected chi connectivity index (χ4v) is 4.38. The van der Waals surface area contributed by atoms with Crippen molar-refractivity contribution in [3.05, 3.63) is 29.6 Å². The molecule has 1 aromatic carbocycles. The Morgan fingerprint density at radius 3 is 2.94 bits per heavy atom. The van der Waals surface area contributed by atoms with E-state index in [0.717, 1.165) is 23.5 Å². The number of halogens is 2. The average Bonchev–Trinajstić information content (AvgIpc) is 2.68. The van der Waals surface area contributed by atoms with Crippen LogP contribution in [0.2, 0.25) is 0 Å². The molecule has 88 valence electrons. The van der Waals surface area contributed by atoms with Crippen LogP contribution in [0.3, 0.4) is 0 Å². The first kappa shape index (κ1) is 12.2. The van der Waals surface area contributed by atoms with Crippen LogP contribution in [0.5, 0.6) is 5.75 Å². The number of hydrogen-bond donors (Lipinski definition) is 0. The number of rotatable bonds is 3. The van der Waals surface area contributed by atoms with Crippen LogP contribution in [-0.2, 0) is 6.42 Å². The van der Waals surface area contributed by atoms with E-state index in [2.05, 4.69) is 15.9 Å². The predicted octanol–water partition coefficient (Wildman–Crippen LogP) is 3.50. The fourth-order valence-electron chi connectivity index (χ4n) is 1.91. The summed E-state index contributed by atoms with van der Waals surface area (Å²) in [6.45, 7) is 0. The van der Waals surface area contributed by atoms with E-state index in [9.17, 15) is 4.39 Å². The molecule has 1 heterocycles. The molecule has 1 aliphatic rings. The molecule has 2 rings (SSSR count). The number of ether oxygens (including phenoxy) is 1. The van der Waals surface area contributed by atoms with Crippen LogP contribution >= 0.6 is 27.7 Å². The first-order valence-electron chi connectivity index (χ1n) is 5.25. The quantitative estimate of drug-likeness (QED) is 0.791. The van der Waals surface area contributed by atoms with Gasteiger partial charge in [0, 0.05) is 10.6 Å². The fraction of sp³-hybridized carbons (Fsp3) is 0.500. The Bertz CT molecular complexity index is 372. The first-order chi connectivity index (χ1) is 7.72. The van der Waals surface area contributed by atoms with Crippen molar-refractivity contribution in [2.75, 3.05) is 18.6 Å². The molecule has 1 fully saturated rings. The topological polar surface area (TPSA) is 9.23 Å². The van der Waals surface area contributed by atoms with Gasteiger partial charge in [-0.2, -0.15) is 11.8 Å². The normalized spacial score (nSPS) is 24.7. The van der Waals surface area contributed by atoms with E-state index in [1.54, 1.807) is 6.07 Å². The summed E-state index contributed by atoms with van der Waals surface area (Å²) in [6.07, 6.45) is 0.784. The van der Waals surface area contributed by atoms with Crippen LogP contribution < -0.4 is 4.74 Å². The lowest BCUT2D eigenvalue weighted by Crippen LogP contribution is -2.15. The Balaban J connectivity index is 2.14. The van der Waals surface area contributed by atoms with Gasteiger partial charge >= 0.3 is 0 Å². The second kappa shape index (κ2) is 5.41. The van der Waals surface area contributed by atoms with Crippen molar-refractivity contribution in [3.8, 4) is 5.75 Å². The zero-order valence-corrected chi connectivity index (χ0v) is 11.5. The summed E-state index contributed by atoms with van der Waals surface area (Å²) < 4.78 is 18.9. The molecule has 0 N–H and O–H groups in total. The van der Waals surface area contributed by atoms with Gasteiger partial charge in [-0.25, -0.2) is 4.39 Å². The van der Waals surface area contributed by atoms with Crippen molar-refractivity contribution in [1.29, 1.82) is 0 Å². The molecular formula is C12H14BrFOS. The number of alkyl halides is 1. The minimum absolute atomic E-state index is 0.207. The molecule has 1 aromatic rings. The number of benzene rings is 1. The van der Waals surface area contributed by atoms with Gasteiger partial charge in [0.15, 0.2) is 11.6 Å². The molecule has 0 bridgehead atoms. The van der Waals surface area contributed by atoms with Crippen LogP contribution in [0.4, 0.5) is 4.39 Å². The second-order valence-electron chi connectivity index (χ2n) is 3.95. The molecule has 0 amide bonds. The smallest absolute Gasteiger partial charge is 0.168 e. The molecule has 1 nitrogen and oxygen atoms in total. The molecular weight excluding hydrogens is 291 g/mol.